The lowest BCUT2D eigenvalue weighted by Gasteiger charge is -2.37. The minimum atomic E-state index is -1.84. The van der Waals surface area contributed by atoms with E-state index in [1.807, 2.05) is 0 Å². The Morgan fingerprint density at radius 2 is 1.97 bits per heavy atom. The van der Waals surface area contributed by atoms with Crippen molar-refractivity contribution in [2.75, 3.05) is 13.2 Å². The van der Waals surface area contributed by atoms with Gasteiger partial charge < -0.3 is 19.4 Å². The Hall–Kier alpha value is -0.463. The molecule has 0 aromatic heterocycles. The zero-order chi connectivity index (χ0) is 23.5. The topological polar surface area (TPSA) is 62.2 Å². The summed E-state index contributed by atoms with van der Waals surface area (Å²) < 4.78 is 12.6. The van der Waals surface area contributed by atoms with Crippen molar-refractivity contribution in [3.8, 4) is 0 Å². The maximum Gasteiger partial charge on any atom is 0.192 e. The second-order valence-electron chi connectivity index (χ2n) is 12.0. The monoisotopic (exact) mass is 452 g/mol. The lowest BCUT2D eigenvalue weighted by Crippen LogP contribution is -2.41. The highest BCUT2D eigenvalue weighted by Gasteiger charge is 2.52. The summed E-state index contributed by atoms with van der Waals surface area (Å²) in [6.45, 7) is 18.4. The molecule has 2 rings (SSSR count). The van der Waals surface area contributed by atoms with Crippen molar-refractivity contribution >= 4 is 8.32 Å². The molecule has 1 heterocycles. The predicted molar refractivity (Wildman–Crippen MR) is 132 cm³/mol. The molecule has 4 nitrogen and oxygen atoms in total. The Bertz CT molecular complexity index is 659. The first kappa shape index (κ1) is 26.8. The van der Waals surface area contributed by atoms with Crippen LogP contribution in [-0.4, -0.2) is 49.6 Å². The number of allylic oxidation sites excluding steroid dienone is 3. The molecule has 0 spiro atoms. The predicted octanol–water partition coefficient (Wildman–Crippen LogP) is 6.14. The number of hydrogen-bond acceptors (Lipinski definition) is 4. The molecule has 1 fully saturated rings. The van der Waals surface area contributed by atoms with Crippen molar-refractivity contribution in [2.24, 2.45) is 5.41 Å². The molecule has 0 aromatic rings. The van der Waals surface area contributed by atoms with Gasteiger partial charge in [-0.1, -0.05) is 38.5 Å². The number of rotatable bonds is 7. The molecule has 1 unspecified atom stereocenters. The normalized spacial score (nSPS) is 34.2. The summed E-state index contributed by atoms with van der Waals surface area (Å²) in [6, 6.07) is 0. The molecule has 4 atom stereocenters. The smallest absolute Gasteiger partial charge is 0.192 e. The van der Waals surface area contributed by atoms with Gasteiger partial charge in [0, 0.05) is 5.41 Å². The summed E-state index contributed by atoms with van der Waals surface area (Å²) in [5.74, 6) is 0. The van der Waals surface area contributed by atoms with Crippen LogP contribution in [0.15, 0.2) is 23.3 Å². The molecule has 5 heteroatoms. The molecule has 0 saturated carbocycles. The van der Waals surface area contributed by atoms with Crippen LogP contribution in [0.25, 0.3) is 0 Å². The summed E-state index contributed by atoms with van der Waals surface area (Å²) in [5, 5.41) is 21.8. The Morgan fingerprint density at radius 1 is 1.29 bits per heavy atom. The van der Waals surface area contributed by atoms with Crippen LogP contribution in [0.4, 0.5) is 0 Å². The molecular formula is C26H48O4Si. The minimum Gasteiger partial charge on any atom is -0.413 e. The maximum absolute atomic E-state index is 11.2. The minimum absolute atomic E-state index is 0.00135. The Morgan fingerprint density at radius 3 is 2.55 bits per heavy atom. The van der Waals surface area contributed by atoms with Gasteiger partial charge in [-0.2, -0.15) is 0 Å². The van der Waals surface area contributed by atoms with Crippen molar-refractivity contribution in [1.29, 1.82) is 0 Å². The molecule has 1 saturated heterocycles. The fourth-order valence-electron chi connectivity index (χ4n) is 4.29. The summed E-state index contributed by atoms with van der Waals surface area (Å²) in [6.07, 6.45) is 10.0. The molecule has 1 aliphatic heterocycles. The van der Waals surface area contributed by atoms with E-state index in [1.165, 1.54) is 11.1 Å². The van der Waals surface area contributed by atoms with Crippen molar-refractivity contribution in [2.45, 2.75) is 122 Å². The largest absolute Gasteiger partial charge is 0.413 e. The molecule has 0 radical (unpaired) electrons. The Kier molecular flexibility index (Phi) is 8.82. The number of ether oxygens (including phenoxy) is 1. The average molecular weight is 453 g/mol. The van der Waals surface area contributed by atoms with E-state index in [0.717, 1.165) is 32.1 Å². The van der Waals surface area contributed by atoms with E-state index >= 15 is 0 Å². The van der Waals surface area contributed by atoms with Crippen molar-refractivity contribution in [3.63, 3.8) is 0 Å². The SMILES string of the molecule is CC(C)=CCC[C@@]1(CO)C/C=C(\CO[Si](C)(C)C(C)(C)C)CC[C@H]2O[C@@]2(C)CCC1O. The van der Waals surface area contributed by atoms with E-state index in [0.29, 0.717) is 19.4 Å². The van der Waals surface area contributed by atoms with Gasteiger partial charge in [0.1, 0.15) is 0 Å². The first-order valence-corrected chi connectivity index (χ1v) is 15.1. The van der Waals surface area contributed by atoms with Crippen LogP contribution < -0.4 is 0 Å². The number of aliphatic hydroxyl groups is 2. The quantitative estimate of drug-likeness (QED) is 0.276. The maximum atomic E-state index is 11.2. The van der Waals surface area contributed by atoms with Crippen LogP contribution in [0, 0.1) is 5.41 Å². The van der Waals surface area contributed by atoms with Crippen LogP contribution in [0.5, 0.6) is 0 Å². The zero-order valence-corrected chi connectivity index (χ0v) is 22.4. The van der Waals surface area contributed by atoms with Crippen LogP contribution in [-0.2, 0) is 9.16 Å². The van der Waals surface area contributed by atoms with Crippen molar-refractivity contribution in [3.05, 3.63) is 23.3 Å². The second kappa shape index (κ2) is 10.2. The van der Waals surface area contributed by atoms with Gasteiger partial charge in [-0.05, 0) is 89.4 Å². The van der Waals surface area contributed by atoms with E-state index < -0.39 is 19.8 Å². The molecule has 2 aliphatic rings. The van der Waals surface area contributed by atoms with Gasteiger partial charge in [-0.15, -0.1) is 0 Å². The van der Waals surface area contributed by atoms with Gasteiger partial charge in [-0.25, -0.2) is 0 Å². The molecule has 0 amide bonds. The highest BCUT2D eigenvalue weighted by atomic mass is 28.4. The molecule has 180 valence electrons. The fraction of sp³-hybridized carbons (Fsp3) is 0.846. The second-order valence-corrected chi connectivity index (χ2v) is 16.8. The third-order valence-corrected chi connectivity index (χ3v) is 12.6. The highest BCUT2D eigenvalue weighted by molar-refractivity contribution is 6.74. The third kappa shape index (κ3) is 7.01. The zero-order valence-electron chi connectivity index (χ0n) is 21.4. The van der Waals surface area contributed by atoms with E-state index in [-0.39, 0.29) is 23.4 Å². The van der Waals surface area contributed by atoms with Crippen LogP contribution in [0.1, 0.15) is 86.5 Å². The lowest BCUT2D eigenvalue weighted by atomic mass is 9.73. The summed E-state index contributed by atoms with van der Waals surface area (Å²) in [7, 11) is -1.84. The Labute approximate surface area is 192 Å². The average Bonchev–Trinajstić information content (AvgIpc) is 3.32. The van der Waals surface area contributed by atoms with Crippen molar-refractivity contribution < 1.29 is 19.4 Å². The van der Waals surface area contributed by atoms with Gasteiger partial charge in [0.15, 0.2) is 8.32 Å². The molecule has 0 aromatic carbocycles. The van der Waals surface area contributed by atoms with Crippen molar-refractivity contribution in [1.82, 2.24) is 0 Å². The van der Waals surface area contributed by atoms with Gasteiger partial charge in [0.05, 0.1) is 31.0 Å². The van der Waals surface area contributed by atoms with E-state index in [1.54, 1.807) is 0 Å². The summed E-state index contributed by atoms with van der Waals surface area (Å²) in [5.41, 5.74) is 1.92. The van der Waals surface area contributed by atoms with Gasteiger partial charge in [-0.3, -0.25) is 0 Å². The molecular weight excluding hydrogens is 404 g/mol. The summed E-state index contributed by atoms with van der Waals surface area (Å²) in [4.78, 5) is 0. The lowest BCUT2D eigenvalue weighted by molar-refractivity contribution is -0.0297. The molecule has 0 bridgehead atoms. The number of fused-ring (bicyclic) bond motifs is 1. The van der Waals surface area contributed by atoms with Gasteiger partial charge >= 0.3 is 0 Å². The van der Waals surface area contributed by atoms with Crippen LogP contribution in [0.3, 0.4) is 0 Å². The van der Waals surface area contributed by atoms with E-state index in [9.17, 15) is 10.2 Å². The standard InChI is InChI=1S/C26H48O4Si/c1-20(2)10-9-15-26(19-27)17-13-21(18-29-31(7,8)24(3,4)5)11-12-23-25(6,30-23)16-14-22(26)28/h10,13,22-23,27-28H,9,11-12,14-19H2,1-8H3/b21-13-/t22?,23-,25+,26+/m1/s1. The van der Waals surface area contributed by atoms with Gasteiger partial charge in [0.25, 0.3) is 0 Å². The highest BCUT2D eigenvalue weighted by Crippen LogP contribution is 2.46. The Balaban J connectivity index is 2.25. The molecule has 1 aliphatic carbocycles. The first-order valence-electron chi connectivity index (χ1n) is 12.2. The fourth-order valence-corrected chi connectivity index (χ4v) is 5.27. The van der Waals surface area contributed by atoms with E-state index in [2.05, 4.69) is 66.8 Å². The number of aliphatic hydroxyl groups excluding tert-OH is 2. The number of epoxide rings is 1. The molecule has 2 N–H and O–H groups in total. The van der Waals surface area contributed by atoms with Crippen LogP contribution in [0.2, 0.25) is 18.1 Å². The number of hydrogen-bond donors (Lipinski definition) is 2. The van der Waals surface area contributed by atoms with E-state index in [4.69, 9.17) is 9.16 Å². The summed E-state index contributed by atoms with van der Waals surface area (Å²) >= 11 is 0. The first-order chi connectivity index (χ1) is 14.2. The molecule has 31 heavy (non-hydrogen) atoms. The third-order valence-electron chi connectivity index (χ3n) is 8.12. The van der Waals surface area contributed by atoms with Crippen LogP contribution >= 0.6 is 0 Å². The van der Waals surface area contributed by atoms with Gasteiger partial charge in [0.2, 0.25) is 0 Å².